The summed E-state index contributed by atoms with van der Waals surface area (Å²) < 4.78 is 0. The Labute approximate surface area is 116 Å². The Morgan fingerprint density at radius 1 is 1.00 bits per heavy atom. The number of halogens is 1. The summed E-state index contributed by atoms with van der Waals surface area (Å²) in [5, 5.41) is 0. The fourth-order valence-electron chi connectivity index (χ4n) is 1.28. The van der Waals surface area contributed by atoms with Gasteiger partial charge in [0.2, 0.25) is 0 Å². The second-order valence-corrected chi connectivity index (χ2v) is 2.97. The molecule has 0 aliphatic heterocycles. The molecule has 0 aromatic heterocycles. The number of hydrogen-bond acceptors (Lipinski definition) is 1. The van der Waals surface area contributed by atoms with E-state index in [1.54, 1.807) is 12.1 Å². The molecule has 0 atom stereocenters. The van der Waals surface area contributed by atoms with Crippen LogP contribution in [0.4, 0.5) is 0 Å². The van der Waals surface area contributed by atoms with Crippen LogP contribution >= 0.6 is 19.8 Å². The molecule has 0 saturated heterocycles. The van der Waals surface area contributed by atoms with Gasteiger partial charge in [-0.15, -0.1) is 35.9 Å². The summed E-state index contributed by atoms with van der Waals surface area (Å²) in [5.74, 6) is 0.0196. The van der Waals surface area contributed by atoms with Crippen LogP contribution in [-0.4, -0.2) is 5.78 Å². The number of benzene rings is 2. The van der Waals surface area contributed by atoms with E-state index < -0.39 is 0 Å². The van der Waals surface area contributed by atoms with Gasteiger partial charge in [0.1, 0.15) is 5.78 Å². The van der Waals surface area contributed by atoms with Gasteiger partial charge in [-0.2, -0.15) is 0 Å². The van der Waals surface area contributed by atoms with Crippen LogP contribution in [0.15, 0.2) is 54.6 Å². The van der Waals surface area contributed by atoms with Gasteiger partial charge in [0.15, 0.2) is 0 Å². The average molecular weight is 374 g/mol. The van der Waals surface area contributed by atoms with E-state index in [0.29, 0.717) is 11.1 Å². The Balaban J connectivity index is 0.000000606. The molecule has 16 heavy (non-hydrogen) atoms. The van der Waals surface area contributed by atoms with Crippen LogP contribution in [0.1, 0.15) is 15.9 Å². The molecule has 0 unspecified atom stereocenters. The topological polar surface area (TPSA) is 17.1 Å². The van der Waals surface area contributed by atoms with Crippen molar-refractivity contribution in [2.45, 2.75) is 0 Å². The molecule has 3 heteroatoms. The van der Waals surface area contributed by atoms with Gasteiger partial charge in [-0.3, -0.25) is 0 Å². The molecule has 1 nitrogen and oxygen atoms in total. The van der Waals surface area contributed by atoms with E-state index in [0.717, 1.165) is 0 Å². The third-order valence-corrected chi connectivity index (χ3v) is 1.99. The van der Waals surface area contributed by atoms with Crippen LogP contribution in [0.25, 0.3) is 0 Å². The Morgan fingerprint density at radius 3 is 2.19 bits per heavy atom. The van der Waals surface area contributed by atoms with Crippen LogP contribution in [0.5, 0.6) is 0 Å². The van der Waals surface area contributed by atoms with Gasteiger partial charge in [-0.25, -0.2) is 0 Å². The molecule has 2 rings (SSSR count). The summed E-state index contributed by atoms with van der Waals surface area (Å²) in [7, 11) is 0. The van der Waals surface area contributed by atoms with E-state index in [4.69, 9.17) is 0 Å². The first-order chi connectivity index (χ1) is 7.88. The third-order valence-electron chi connectivity index (χ3n) is 1.99. The van der Waals surface area contributed by atoms with E-state index >= 15 is 0 Å². The van der Waals surface area contributed by atoms with E-state index in [1.165, 1.54) is 14.8 Å². The molecule has 2 aromatic carbocycles. The number of carbonyl (C=O) groups is 1. The maximum absolute atomic E-state index is 11.8. The molecule has 0 saturated carbocycles. The first kappa shape index (κ1) is 13.5. The van der Waals surface area contributed by atoms with Gasteiger partial charge in [0.05, 0.1) is 0 Å². The zero-order chi connectivity index (χ0) is 11.8. The zero-order valence-corrected chi connectivity index (χ0v) is 13.8. The fraction of sp³-hybridized carbons (Fsp3) is 0. The minimum atomic E-state index is 0.0196. The van der Waals surface area contributed by atoms with Crippen molar-refractivity contribution in [3.63, 3.8) is 0 Å². The first-order valence-corrected chi connectivity index (χ1v) is 13.8. The quantitative estimate of drug-likeness (QED) is 0.340. The van der Waals surface area contributed by atoms with Gasteiger partial charge in [-0.1, -0.05) is 30.3 Å². The standard InChI is InChI=1S/C13H9O.HI.Zn/c14-13(11-7-3-1-4-8-11)12-9-5-2-6-10-12;;/h1-9H;1H;/q-1;;+2/p-1. The second kappa shape index (κ2) is 7.69. The number of ketones is 1. The van der Waals surface area contributed by atoms with Crippen molar-refractivity contribution < 1.29 is 19.6 Å². The predicted octanol–water partition coefficient (Wildman–Crippen LogP) is 3.60. The van der Waals surface area contributed by atoms with Crippen LogP contribution in [0, 0.1) is 6.07 Å². The molecule has 0 aliphatic carbocycles. The van der Waals surface area contributed by atoms with Gasteiger partial charge >= 0.3 is 34.5 Å². The van der Waals surface area contributed by atoms with Crippen molar-refractivity contribution in [3.05, 3.63) is 71.8 Å². The molecular formula is C13H9IOZn. The average Bonchev–Trinajstić information content (AvgIpc) is 2.42. The molecule has 0 aliphatic rings. The van der Waals surface area contributed by atoms with Crippen molar-refractivity contribution in [1.29, 1.82) is 0 Å². The summed E-state index contributed by atoms with van der Waals surface area (Å²) >= 11 is 3.62. The van der Waals surface area contributed by atoms with E-state index in [2.05, 4.69) is 25.8 Å². The van der Waals surface area contributed by atoms with Crippen molar-refractivity contribution in [2.75, 3.05) is 0 Å². The Kier molecular flexibility index (Phi) is 6.50. The van der Waals surface area contributed by atoms with E-state index in [9.17, 15) is 4.79 Å². The first-order valence-electron chi connectivity index (χ1n) is 4.71. The van der Waals surface area contributed by atoms with Crippen molar-refractivity contribution in [3.8, 4) is 0 Å². The van der Waals surface area contributed by atoms with Crippen LogP contribution in [0.3, 0.4) is 0 Å². The molecule has 0 spiro atoms. The van der Waals surface area contributed by atoms with Gasteiger partial charge in [-0.05, 0) is 5.56 Å². The summed E-state index contributed by atoms with van der Waals surface area (Å²) in [6.45, 7) is 0. The molecular weight excluding hydrogens is 364 g/mol. The zero-order valence-electron chi connectivity index (χ0n) is 8.69. The molecule has 0 amide bonds. The summed E-state index contributed by atoms with van der Waals surface area (Å²) in [6, 6.07) is 19.4. The third kappa shape index (κ3) is 3.80. The molecule has 0 fully saturated rings. The maximum atomic E-state index is 11.8. The van der Waals surface area contributed by atoms with Gasteiger partial charge in [0, 0.05) is 0 Å². The Morgan fingerprint density at radius 2 is 1.62 bits per heavy atom. The normalized spacial score (nSPS) is 8.94. The van der Waals surface area contributed by atoms with Gasteiger partial charge < -0.3 is 4.79 Å². The molecule has 0 radical (unpaired) electrons. The van der Waals surface area contributed by atoms with Crippen LogP contribution < -0.4 is 0 Å². The number of rotatable bonds is 2. The van der Waals surface area contributed by atoms with E-state index in [-0.39, 0.29) is 5.78 Å². The fourth-order valence-corrected chi connectivity index (χ4v) is 1.28. The van der Waals surface area contributed by atoms with E-state index in [1.807, 2.05) is 42.5 Å². The Bertz CT molecular complexity index is 387. The van der Waals surface area contributed by atoms with Crippen molar-refractivity contribution in [2.24, 2.45) is 0 Å². The SMILES string of the molecule is O=C(c1[c-]cccc1)c1ccccc1.[Zn+][I]. The van der Waals surface area contributed by atoms with Gasteiger partial charge in [0.25, 0.3) is 0 Å². The van der Waals surface area contributed by atoms with Crippen LogP contribution in [0.2, 0.25) is 0 Å². The number of carbonyl (C=O) groups excluding carboxylic acids is 1. The monoisotopic (exact) mass is 372 g/mol. The van der Waals surface area contributed by atoms with Crippen LogP contribution in [-0.2, 0) is 14.8 Å². The Hall–Kier alpha value is -0.537. The molecule has 0 bridgehead atoms. The summed E-state index contributed by atoms with van der Waals surface area (Å²) in [4.78, 5) is 11.8. The van der Waals surface area contributed by atoms with Crippen molar-refractivity contribution in [1.82, 2.24) is 0 Å². The molecule has 0 N–H and O–H groups in total. The molecule has 2 aromatic rings. The summed E-state index contributed by atoms with van der Waals surface area (Å²) in [5.41, 5.74) is 1.31. The minimum absolute atomic E-state index is 0.0196. The molecule has 0 heterocycles. The predicted molar refractivity (Wildman–Crippen MR) is 69.2 cm³/mol. The molecule has 76 valence electrons. The second-order valence-electron chi connectivity index (χ2n) is 2.97. The number of hydrogen-bond donors (Lipinski definition) is 0. The van der Waals surface area contributed by atoms with Crippen molar-refractivity contribution >= 4 is 25.5 Å². The summed E-state index contributed by atoms with van der Waals surface area (Å²) in [6.07, 6.45) is 0.